The molecule has 0 saturated carbocycles. The number of nitrogens with one attached hydrogen (secondary N) is 1. The minimum atomic E-state index is -0.421. The SMILES string of the molecule is CCCc1nn(-c2ccc(C)cc2)c(OC(C)=O)c1-c1ccc(NC(=O)c2ccco2)cc1. The van der Waals surface area contributed by atoms with Crippen LogP contribution in [0.1, 0.15) is 42.1 Å². The summed E-state index contributed by atoms with van der Waals surface area (Å²) < 4.78 is 12.5. The molecule has 4 rings (SSSR count). The van der Waals surface area contributed by atoms with Gasteiger partial charge in [0, 0.05) is 12.6 Å². The Kier molecular flexibility index (Phi) is 6.40. The largest absolute Gasteiger partial charge is 0.459 e. The van der Waals surface area contributed by atoms with Crippen molar-refractivity contribution in [3.05, 3.63) is 83.9 Å². The second-order valence-electron chi connectivity index (χ2n) is 7.73. The summed E-state index contributed by atoms with van der Waals surface area (Å²) in [6.07, 6.45) is 3.06. The highest BCUT2D eigenvalue weighted by Gasteiger charge is 2.23. The van der Waals surface area contributed by atoms with Gasteiger partial charge in [0.05, 0.1) is 23.2 Å². The average Bonchev–Trinajstić information content (AvgIpc) is 3.44. The number of esters is 1. The van der Waals surface area contributed by atoms with Gasteiger partial charge in [-0.25, -0.2) is 0 Å². The van der Waals surface area contributed by atoms with Gasteiger partial charge < -0.3 is 14.5 Å². The molecule has 0 spiro atoms. The first-order valence-corrected chi connectivity index (χ1v) is 10.8. The van der Waals surface area contributed by atoms with Crippen molar-refractivity contribution < 1.29 is 18.7 Å². The summed E-state index contributed by atoms with van der Waals surface area (Å²) in [5, 5.41) is 7.60. The third kappa shape index (κ3) is 4.87. The van der Waals surface area contributed by atoms with Crippen LogP contribution in [0.2, 0.25) is 0 Å². The topological polar surface area (TPSA) is 86.4 Å². The summed E-state index contributed by atoms with van der Waals surface area (Å²) in [7, 11) is 0. The molecule has 33 heavy (non-hydrogen) atoms. The summed E-state index contributed by atoms with van der Waals surface area (Å²) in [5.74, 6) is -0.134. The molecule has 0 fully saturated rings. The summed E-state index contributed by atoms with van der Waals surface area (Å²) in [6.45, 7) is 5.47. The fourth-order valence-corrected chi connectivity index (χ4v) is 3.56. The van der Waals surface area contributed by atoms with Gasteiger partial charge in [0.1, 0.15) is 0 Å². The van der Waals surface area contributed by atoms with Gasteiger partial charge in [-0.05, 0) is 55.3 Å². The molecule has 4 aromatic rings. The number of aryl methyl sites for hydroxylation is 2. The van der Waals surface area contributed by atoms with Crippen LogP contribution in [0.25, 0.3) is 16.8 Å². The van der Waals surface area contributed by atoms with E-state index in [9.17, 15) is 9.59 Å². The Hall–Kier alpha value is -4.13. The molecule has 1 N–H and O–H groups in total. The monoisotopic (exact) mass is 443 g/mol. The maximum absolute atomic E-state index is 12.3. The summed E-state index contributed by atoms with van der Waals surface area (Å²) in [4.78, 5) is 24.2. The van der Waals surface area contributed by atoms with E-state index in [2.05, 4.69) is 12.2 Å². The maximum Gasteiger partial charge on any atom is 0.309 e. The van der Waals surface area contributed by atoms with Crippen LogP contribution in [0.5, 0.6) is 5.88 Å². The highest BCUT2D eigenvalue weighted by atomic mass is 16.5. The van der Waals surface area contributed by atoms with Gasteiger partial charge >= 0.3 is 5.97 Å². The molecule has 0 bridgehead atoms. The van der Waals surface area contributed by atoms with E-state index in [1.807, 2.05) is 43.3 Å². The number of ether oxygens (including phenoxy) is 1. The zero-order chi connectivity index (χ0) is 23.4. The van der Waals surface area contributed by atoms with Gasteiger partial charge in [0.2, 0.25) is 5.88 Å². The van der Waals surface area contributed by atoms with Crippen molar-refractivity contribution in [3.8, 4) is 22.7 Å². The quantitative estimate of drug-likeness (QED) is 0.377. The number of amides is 1. The van der Waals surface area contributed by atoms with Crippen LogP contribution < -0.4 is 10.1 Å². The van der Waals surface area contributed by atoms with Crippen LogP contribution in [-0.4, -0.2) is 21.7 Å². The second kappa shape index (κ2) is 9.56. The number of carbonyl (C=O) groups is 2. The number of nitrogens with zero attached hydrogens (tertiary/aromatic N) is 2. The molecule has 7 nitrogen and oxygen atoms in total. The Bertz CT molecular complexity index is 1250. The van der Waals surface area contributed by atoms with Gasteiger partial charge in [-0.1, -0.05) is 43.2 Å². The molecule has 2 aromatic heterocycles. The van der Waals surface area contributed by atoms with Crippen molar-refractivity contribution in [3.63, 3.8) is 0 Å². The maximum atomic E-state index is 12.3. The van der Waals surface area contributed by atoms with Crippen molar-refractivity contribution in [1.29, 1.82) is 0 Å². The summed E-state index contributed by atoms with van der Waals surface area (Å²) in [6, 6.07) is 18.5. The zero-order valence-corrected chi connectivity index (χ0v) is 18.8. The van der Waals surface area contributed by atoms with Crippen LogP contribution >= 0.6 is 0 Å². The van der Waals surface area contributed by atoms with Crippen molar-refractivity contribution >= 4 is 17.6 Å². The van der Waals surface area contributed by atoms with Gasteiger partial charge in [-0.3, -0.25) is 9.59 Å². The van der Waals surface area contributed by atoms with Crippen molar-refractivity contribution in [2.75, 3.05) is 5.32 Å². The first-order chi connectivity index (χ1) is 16.0. The Morgan fingerprint density at radius 2 is 1.79 bits per heavy atom. The minimum Gasteiger partial charge on any atom is -0.459 e. The number of benzene rings is 2. The fraction of sp³-hybridized carbons (Fsp3) is 0.192. The molecule has 0 aliphatic heterocycles. The zero-order valence-electron chi connectivity index (χ0n) is 18.8. The fourth-order valence-electron chi connectivity index (χ4n) is 3.56. The normalized spacial score (nSPS) is 10.8. The first kappa shape index (κ1) is 22.1. The van der Waals surface area contributed by atoms with Crippen LogP contribution in [0.4, 0.5) is 5.69 Å². The van der Waals surface area contributed by atoms with E-state index in [1.165, 1.54) is 13.2 Å². The molecule has 168 valence electrons. The molecule has 7 heteroatoms. The Labute approximate surface area is 192 Å². The van der Waals surface area contributed by atoms with E-state index in [1.54, 1.807) is 28.9 Å². The highest BCUT2D eigenvalue weighted by Crippen LogP contribution is 2.37. The van der Waals surface area contributed by atoms with E-state index in [0.29, 0.717) is 11.6 Å². The Balaban J connectivity index is 1.74. The number of anilines is 1. The molecule has 0 saturated heterocycles. The van der Waals surface area contributed by atoms with Crippen LogP contribution in [0.15, 0.2) is 71.3 Å². The number of carbonyl (C=O) groups excluding carboxylic acids is 2. The molecule has 0 radical (unpaired) electrons. The average molecular weight is 444 g/mol. The van der Waals surface area contributed by atoms with Gasteiger partial charge in [-0.15, -0.1) is 0 Å². The van der Waals surface area contributed by atoms with E-state index < -0.39 is 5.97 Å². The molecule has 1 amide bonds. The van der Waals surface area contributed by atoms with E-state index in [0.717, 1.165) is 40.9 Å². The predicted octanol–water partition coefficient (Wildman–Crippen LogP) is 5.57. The molecular weight excluding hydrogens is 418 g/mol. The van der Waals surface area contributed by atoms with Crippen molar-refractivity contribution in [1.82, 2.24) is 9.78 Å². The molecule has 2 aromatic carbocycles. The van der Waals surface area contributed by atoms with Crippen molar-refractivity contribution in [2.24, 2.45) is 0 Å². The lowest BCUT2D eigenvalue weighted by Crippen LogP contribution is -2.10. The molecule has 0 aliphatic rings. The lowest BCUT2D eigenvalue weighted by molar-refractivity contribution is -0.132. The summed E-state index contributed by atoms with van der Waals surface area (Å²) in [5.41, 5.74) is 4.99. The predicted molar refractivity (Wildman–Crippen MR) is 126 cm³/mol. The lowest BCUT2D eigenvalue weighted by atomic mass is 10.0. The number of furan rings is 1. The molecule has 2 heterocycles. The standard InChI is InChI=1S/C26H25N3O4/c1-4-6-22-24(19-10-12-20(13-11-19)27-25(31)23-7-5-16-32-23)26(33-18(3)30)29(28-22)21-14-8-17(2)9-15-21/h5,7-16H,4,6H2,1-3H3,(H,27,31). The van der Waals surface area contributed by atoms with Gasteiger partial charge in [0.15, 0.2) is 5.76 Å². The third-order valence-corrected chi connectivity index (χ3v) is 5.10. The van der Waals surface area contributed by atoms with Gasteiger partial charge in [0.25, 0.3) is 5.91 Å². The summed E-state index contributed by atoms with van der Waals surface area (Å²) >= 11 is 0. The van der Waals surface area contributed by atoms with Gasteiger partial charge in [-0.2, -0.15) is 9.78 Å². The van der Waals surface area contributed by atoms with Crippen LogP contribution in [-0.2, 0) is 11.2 Å². The lowest BCUT2D eigenvalue weighted by Gasteiger charge is -2.10. The highest BCUT2D eigenvalue weighted by molar-refractivity contribution is 6.02. The van der Waals surface area contributed by atoms with E-state index in [-0.39, 0.29) is 11.7 Å². The van der Waals surface area contributed by atoms with Crippen molar-refractivity contribution in [2.45, 2.75) is 33.6 Å². The number of rotatable bonds is 7. The van der Waals surface area contributed by atoms with Crippen LogP contribution in [0.3, 0.4) is 0 Å². The minimum absolute atomic E-state index is 0.237. The molecule has 0 unspecified atom stereocenters. The Morgan fingerprint density at radius 3 is 2.39 bits per heavy atom. The van der Waals surface area contributed by atoms with E-state index >= 15 is 0 Å². The third-order valence-electron chi connectivity index (χ3n) is 5.10. The number of aromatic nitrogens is 2. The number of hydrogen-bond acceptors (Lipinski definition) is 5. The molecule has 0 aliphatic carbocycles. The number of hydrogen-bond donors (Lipinski definition) is 1. The second-order valence-corrected chi connectivity index (χ2v) is 7.73. The van der Waals surface area contributed by atoms with Crippen LogP contribution in [0, 0.1) is 6.92 Å². The molecular formula is C26H25N3O4. The Morgan fingerprint density at radius 1 is 1.06 bits per heavy atom. The molecule has 0 atom stereocenters. The van der Waals surface area contributed by atoms with E-state index in [4.69, 9.17) is 14.3 Å². The first-order valence-electron chi connectivity index (χ1n) is 10.8. The smallest absolute Gasteiger partial charge is 0.309 e.